The number of ether oxygens (including phenoxy) is 1. The third-order valence-corrected chi connectivity index (χ3v) is 4.56. The Morgan fingerprint density at radius 2 is 1.76 bits per heavy atom. The first-order valence-corrected chi connectivity index (χ1v) is 7.55. The van der Waals surface area contributed by atoms with Crippen molar-refractivity contribution in [1.29, 1.82) is 0 Å². The van der Waals surface area contributed by atoms with Crippen LogP contribution in [0.3, 0.4) is 0 Å². The summed E-state index contributed by atoms with van der Waals surface area (Å²) in [6.45, 7) is 8.93. The molecule has 0 saturated heterocycles. The Morgan fingerprint density at radius 3 is 2.24 bits per heavy atom. The monoisotopic (exact) mass is 306 g/mol. The molecule has 0 aliphatic rings. The van der Waals surface area contributed by atoms with Crippen molar-refractivity contribution in [3.8, 4) is 0 Å². The molecule has 0 bridgehead atoms. The summed E-state index contributed by atoms with van der Waals surface area (Å²) >= 11 is 3.42. The van der Waals surface area contributed by atoms with E-state index in [9.17, 15) is 4.79 Å². The van der Waals surface area contributed by atoms with Crippen molar-refractivity contribution in [1.82, 2.24) is 0 Å². The number of hydrogen-bond donors (Lipinski definition) is 0. The van der Waals surface area contributed by atoms with E-state index in [-0.39, 0.29) is 10.8 Å². The Kier molecular flexibility index (Phi) is 8.93. The minimum Gasteiger partial charge on any atom is -0.468 e. The molecule has 0 spiro atoms. The molecule has 102 valence electrons. The maximum Gasteiger partial charge on any atom is 0.319 e. The van der Waals surface area contributed by atoms with Gasteiger partial charge in [0.15, 0.2) is 0 Å². The molecule has 17 heavy (non-hydrogen) atoms. The lowest BCUT2D eigenvalue weighted by Gasteiger charge is -2.22. The molecule has 0 aromatic rings. The van der Waals surface area contributed by atoms with Gasteiger partial charge in [-0.15, -0.1) is 0 Å². The minimum atomic E-state index is -0.170. The molecule has 0 aromatic carbocycles. The SMILES string of the molecule is CCC[C@H](C)C[C@H](C)C[C@H](C)C(Br)C(=O)OC. The molecule has 0 amide bonds. The van der Waals surface area contributed by atoms with Crippen LogP contribution < -0.4 is 0 Å². The van der Waals surface area contributed by atoms with E-state index in [0.717, 1.165) is 12.3 Å². The highest BCUT2D eigenvalue weighted by Crippen LogP contribution is 2.26. The maximum atomic E-state index is 11.4. The van der Waals surface area contributed by atoms with Crippen molar-refractivity contribution in [2.75, 3.05) is 7.11 Å². The van der Waals surface area contributed by atoms with Gasteiger partial charge in [0.1, 0.15) is 4.83 Å². The molecule has 0 rings (SSSR count). The molecule has 0 radical (unpaired) electrons. The van der Waals surface area contributed by atoms with Gasteiger partial charge in [-0.2, -0.15) is 0 Å². The third-order valence-electron chi connectivity index (χ3n) is 3.29. The number of methoxy groups -OCH3 is 1. The van der Waals surface area contributed by atoms with E-state index in [0.29, 0.717) is 11.8 Å². The predicted octanol–water partition coefficient (Wildman–Crippen LogP) is 4.41. The number of rotatable bonds is 8. The Hall–Kier alpha value is -0.0500. The molecule has 0 aliphatic carbocycles. The highest BCUT2D eigenvalue weighted by atomic mass is 79.9. The van der Waals surface area contributed by atoms with E-state index in [1.807, 2.05) is 0 Å². The van der Waals surface area contributed by atoms with Gasteiger partial charge in [0, 0.05) is 0 Å². The molecule has 0 aromatic heterocycles. The van der Waals surface area contributed by atoms with Crippen molar-refractivity contribution in [2.45, 2.75) is 58.2 Å². The van der Waals surface area contributed by atoms with Crippen LogP contribution in [0.1, 0.15) is 53.4 Å². The standard InChI is InChI=1S/C14H27BrO2/c1-6-7-10(2)8-11(3)9-12(4)13(15)14(16)17-5/h10-13H,6-9H2,1-5H3/t10-,11-,12-,13?/m0/s1. The highest BCUT2D eigenvalue weighted by molar-refractivity contribution is 9.10. The van der Waals surface area contributed by atoms with Crippen LogP contribution in [0.15, 0.2) is 0 Å². The number of esters is 1. The quantitative estimate of drug-likeness (QED) is 0.490. The molecular formula is C14H27BrO2. The number of carbonyl (C=O) groups excluding carboxylic acids is 1. The van der Waals surface area contributed by atoms with Gasteiger partial charge in [-0.1, -0.05) is 56.5 Å². The number of carbonyl (C=O) groups is 1. The summed E-state index contributed by atoms with van der Waals surface area (Å²) in [6, 6.07) is 0. The highest BCUT2D eigenvalue weighted by Gasteiger charge is 2.24. The average molecular weight is 307 g/mol. The van der Waals surface area contributed by atoms with Crippen molar-refractivity contribution >= 4 is 21.9 Å². The van der Waals surface area contributed by atoms with Crippen LogP contribution in [0.5, 0.6) is 0 Å². The summed E-state index contributed by atoms with van der Waals surface area (Å²) in [5, 5.41) is 0. The van der Waals surface area contributed by atoms with Gasteiger partial charge < -0.3 is 4.74 Å². The van der Waals surface area contributed by atoms with E-state index in [4.69, 9.17) is 4.74 Å². The first kappa shape index (κ1) is 16.9. The van der Waals surface area contributed by atoms with E-state index < -0.39 is 0 Å². The predicted molar refractivity (Wildman–Crippen MR) is 76.4 cm³/mol. The molecule has 2 nitrogen and oxygen atoms in total. The number of hydrogen-bond acceptors (Lipinski definition) is 2. The number of halogens is 1. The van der Waals surface area contributed by atoms with E-state index in [2.05, 4.69) is 43.6 Å². The van der Waals surface area contributed by atoms with Gasteiger partial charge in [0.05, 0.1) is 7.11 Å². The lowest BCUT2D eigenvalue weighted by Crippen LogP contribution is -2.25. The van der Waals surface area contributed by atoms with Crippen LogP contribution in [-0.2, 0) is 9.53 Å². The zero-order valence-corrected chi connectivity index (χ0v) is 13.4. The fourth-order valence-corrected chi connectivity index (χ4v) is 2.90. The van der Waals surface area contributed by atoms with Crippen molar-refractivity contribution in [2.24, 2.45) is 17.8 Å². The second-order valence-electron chi connectivity index (χ2n) is 5.37. The Labute approximate surface area is 115 Å². The first-order valence-electron chi connectivity index (χ1n) is 6.64. The summed E-state index contributed by atoms with van der Waals surface area (Å²) in [4.78, 5) is 11.2. The molecule has 0 saturated carbocycles. The summed E-state index contributed by atoms with van der Waals surface area (Å²) in [5.74, 6) is 1.61. The average Bonchev–Trinajstić information content (AvgIpc) is 2.26. The van der Waals surface area contributed by atoms with Crippen molar-refractivity contribution in [3.63, 3.8) is 0 Å². The fraction of sp³-hybridized carbons (Fsp3) is 0.929. The maximum absolute atomic E-state index is 11.4. The molecule has 0 N–H and O–H groups in total. The van der Waals surface area contributed by atoms with E-state index >= 15 is 0 Å². The summed E-state index contributed by atoms with van der Waals surface area (Å²) < 4.78 is 4.75. The van der Waals surface area contributed by atoms with Crippen molar-refractivity contribution < 1.29 is 9.53 Å². The second kappa shape index (κ2) is 8.96. The lowest BCUT2D eigenvalue weighted by atomic mass is 9.87. The van der Waals surface area contributed by atoms with Gasteiger partial charge in [-0.25, -0.2) is 0 Å². The largest absolute Gasteiger partial charge is 0.468 e. The normalized spacial score (nSPS) is 18.2. The molecule has 0 aliphatic heterocycles. The second-order valence-corrected chi connectivity index (χ2v) is 6.36. The zero-order chi connectivity index (χ0) is 13.4. The van der Waals surface area contributed by atoms with E-state index in [1.165, 1.54) is 26.4 Å². The smallest absolute Gasteiger partial charge is 0.319 e. The van der Waals surface area contributed by atoms with Gasteiger partial charge in [0.25, 0.3) is 0 Å². The Bertz CT molecular complexity index is 218. The van der Waals surface area contributed by atoms with Gasteiger partial charge in [0.2, 0.25) is 0 Å². The molecule has 4 atom stereocenters. The number of alkyl halides is 1. The molecular weight excluding hydrogens is 280 g/mol. The van der Waals surface area contributed by atoms with Crippen LogP contribution in [-0.4, -0.2) is 17.9 Å². The van der Waals surface area contributed by atoms with Gasteiger partial charge >= 0.3 is 5.97 Å². The molecule has 1 unspecified atom stereocenters. The molecule has 0 fully saturated rings. The Balaban J connectivity index is 4.02. The van der Waals surface area contributed by atoms with Crippen molar-refractivity contribution in [3.05, 3.63) is 0 Å². The zero-order valence-electron chi connectivity index (χ0n) is 11.8. The van der Waals surface area contributed by atoms with Crippen LogP contribution in [0.25, 0.3) is 0 Å². The van der Waals surface area contributed by atoms with Crippen LogP contribution in [0.2, 0.25) is 0 Å². The lowest BCUT2D eigenvalue weighted by molar-refractivity contribution is -0.140. The molecule has 3 heteroatoms. The van der Waals surface area contributed by atoms with E-state index in [1.54, 1.807) is 0 Å². The topological polar surface area (TPSA) is 26.3 Å². The van der Waals surface area contributed by atoms with Gasteiger partial charge in [-0.05, 0) is 30.6 Å². The molecule has 0 heterocycles. The van der Waals surface area contributed by atoms with Crippen LogP contribution in [0.4, 0.5) is 0 Å². The van der Waals surface area contributed by atoms with Crippen LogP contribution >= 0.6 is 15.9 Å². The fourth-order valence-electron chi connectivity index (χ4n) is 2.49. The van der Waals surface area contributed by atoms with Crippen LogP contribution in [0, 0.1) is 17.8 Å². The van der Waals surface area contributed by atoms with Gasteiger partial charge in [-0.3, -0.25) is 4.79 Å². The first-order chi connectivity index (χ1) is 7.92. The minimum absolute atomic E-state index is 0.161. The summed E-state index contributed by atoms with van der Waals surface area (Å²) in [6.07, 6.45) is 4.87. The third kappa shape index (κ3) is 7.07. The summed E-state index contributed by atoms with van der Waals surface area (Å²) in [7, 11) is 1.44. The Morgan fingerprint density at radius 1 is 1.18 bits per heavy atom. The summed E-state index contributed by atoms with van der Waals surface area (Å²) in [5.41, 5.74) is 0.